The number of benzene rings is 2. The number of fused-ring (bicyclic) bond motifs is 1. The minimum absolute atomic E-state index is 0.375. The molecule has 0 spiro atoms. The van der Waals surface area contributed by atoms with Gasteiger partial charge in [0.1, 0.15) is 23.7 Å². The molecule has 0 unspecified atom stereocenters. The van der Waals surface area contributed by atoms with Gasteiger partial charge in [0.2, 0.25) is 5.95 Å². The molecule has 0 bridgehead atoms. The summed E-state index contributed by atoms with van der Waals surface area (Å²) in [5.74, 6) is 2.25. The number of hydrogen-bond donors (Lipinski definition) is 2. The van der Waals surface area contributed by atoms with Crippen molar-refractivity contribution in [2.24, 2.45) is 0 Å². The van der Waals surface area contributed by atoms with Crippen LogP contribution in [0.3, 0.4) is 0 Å². The number of hydrogen-bond acceptors (Lipinski definition) is 10. The van der Waals surface area contributed by atoms with Gasteiger partial charge in [-0.2, -0.15) is 4.98 Å². The number of methoxy groups -OCH3 is 1. The van der Waals surface area contributed by atoms with E-state index in [-0.39, 0.29) is 0 Å². The highest BCUT2D eigenvalue weighted by Crippen LogP contribution is 2.44. The Morgan fingerprint density at radius 1 is 1.02 bits per heavy atom. The molecule has 0 aliphatic carbocycles. The third kappa shape index (κ3) is 6.58. The molecule has 10 nitrogen and oxygen atoms in total. The average molecular weight is 626 g/mol. The van der Waals surface area contributed by atoms with Crippen molar-refractivity contribution in [1.82, 2.24) is 19.8 Å². The summed E-state index contributed by atoms with van der Waals surface area (Å²) >= 11 is 6.50. The van der Waals surface area contributed by atoms with E-state index in [1.54, 1.807) is 26.6 Å². The predicted molar refractivity (Wildman–Crippen MR) is 176 cm³/mol. The van der Waals surface area contributed by atoms with Crippen molar-refractivity contribution in [3.63, 3.8) is 0 Å². The lowest BCUT2D eigenvalue weighted by atomic mass is 10.0. The highest BCUT2D eigenvalue weighted by Gasteiger charge is 2.28. The van der Waals surface area contributed by atoms with E-state index < -0.39 is 7.14 Å². The Bertz CT molecular complexity index is 1520. The number of halogens is 1. The molecule has 1 aromatic heterocycles. The number of ether oxygens (including phenoxy) is 2. The second-order valence-corrected chi connectivity index (χ2v) is 15.6. The van der Waals surface area contributed by atoms with E-state index in [4.69, 9.17) is 21.1 Å². The first kappa shape index (κ1) is 30.0. The van der Waals surface area contributed by atoms with Crippen LogP contribution in [-0.4, -0.2) is 99.2 Å². The standard InChI is InChI=1S/C31H41ClN7O3P/c1-37-14-16-39(17-15-37)21-9-12-38(13-10-21)22-5-6-25(27(19-22)41-2)35-31-33-20-24(32)30(36-31)34-26-7-8-28(43(3,4)40)23-11-18-42-29(23)26/h5-8,19-21H,9-18H2,1-4H3,(H2,33,34,35,36). The summed E-state index contributed by atoms with van der Waals surface area (Å²) in [6.07, 6.45) is 4.63. The Hall–Kier alpha value is -3.04. The lowest BCUT2D eigenvalue weighted by Gasteiger charge is -2.42. The number of aromatic nitrogens is 2. The van der Waals surface area contributed by atoms with Gasteiger partial charge < -0.3 is 34.5 Å². The van der Waals surface area contributed by atoms with Crippen LogP contribution in [0.1, 0.15) is 18.4 Å². The zero-order valence-corrected chi connectivity index (χ0v) is 27.0. The van der Waals surface area contributed by atoms with Crippen molar-refractivity contribution in [2.75, 3.05) is 88.9 Å². The van der Waals surface area contributed by atoms with Gasteiger partial charge in [-0.3, -0.25) is 4.90 Å². The maximum Gasteiger partial charge on any atom is 0.229 e. The van der Waals surface area contributed by atoms with Crippen LogP contribution in [0.15, 0.2) is 36.5 Å². The van der Waals surface area contributed by atoms with Crippen LogP contribution in [0.25, 0.3) is 0 Å². The van der Waals surface area contributed by atoms with Crippen LogP contribution >= 0.6 is 18.7 Å². The van der Waals surface area contributed by atoms with E-state index in [1.165, 1.54) is 25.9 Å². The molecule has 2 N–H and O–H groups in total. The lowest BCUT2D eigenvalue weighted by Crippen LogP contribution is -2.52. The summed E-state index contributed by atoms with van der Waals surface area (Å²) in [6.45, 7) is 10.8. The SMILES string of the molecule is COc1cc(N2CCC(N3CCN(C)CC3)CC2)ccc1Nc1ncc(Cl)c(Nc2ccc(P(C)(C)=O)c3c2OCC3)n1. The van der Waals surface area contributed by atoms with Gasteiger partial charge in [-0.25, -0.2) is 4.98 Å². The van der Waals surface area contributed by atoms with E-state index in [0.29, 0.717) is 35.2 Å². The minimum atomic E-state index is -2.44. The number of nitrogens with zero attached hydrogens (tertiary/aromatic N) is 5. The summed E-state index contributed by atoms with van der Waals surface area (Å²) < 4.78 is 24.5. The fourth-order valence-corrected chi connectivity index (χ4v) is 7.74. The number of rotatable bonds is 8. The van der Waals surface area contributed by atoms with Crippen molar-refractivity contribution >= 4 is 52.9 Å². The zero-order chi connectivity index (χ0) is 30.1. The van der Waals surface area contributed by atoms with Crippen LogP contribution < -0.4 is 30.3 Å². The fourth-order valence-electron chi connectivity index (χ4n) is 6.30. The molecule has 43 heavy (non-hydrogen) atoms. The van der Waals surface area contributed by atoms with Gasteiger partial charge in [0.15, 0.2) is 5.82 Å². The maximum atomic E-state index is 12.8. The Morgan fingerprint density at radius 3 is 2.49 bits per heavy atom. The molecule has 12 heteroatoms. The maximum absolute atomic E-state index is 12.8. The molecule has 3 aliphatic rings. The first-order valence-electron chi connectivity index (χ1n) is 15.0. The number of piperazine rings is 1. The molecule has 2 aromatic carbocycles. The summed E-state index contributed by atoms with van der Waals surface area (Å²) in [5, 5.41) is 7.84. The normalized spacial score (nSPS) is 18.3. The van der Waals surface area contributed by atoms with Gasteiger partial charge in [-0.1, -0.05) is 11.6 Å². The molecule has 0 radical (unpaired) electrons. The number of nitrogens with one attached hydrogen (secondary N) is 2. The van der Waals surface area contributed by atoms with Gasteiger partial charge in [0.25, 0.3) is 0 Å². The Balaban J connectivity index is 1.15. The second-order valence-electron chi connectivity index (χ2n) is 12.0. The third-order valence-electron chi connectivity index (χ3n) is 8.73. The average Bonchev–Trinajstić information content (AvgIpc) is 3.49. The molecule has 0 atom stereocenters. The molecule has 4 heterocycles. The van der Waals surface area contributed by atoms with Gasteiger partial charge in [0.05, 0.1) is 31.3 Å². The first-order chi connectivity index (χ1) is 20.7. The predicted octanol–water partition coefficient (Wildman–Crippen LogP) is 5.02. The highest BCUT2D eigenvalue weighted by atomic mass is 35.5. The Morgan fingerprint density at radius 2 is 1.77 bits per heavy atom. The van der Waals surface area contributed by atoms with Crippen molar-refractivity contribution in [3.05, 3.63) is 47.1 Å². The van der Waals surface area contributed by atoms with E-state index in [2.05, 4.69) is 54.5 Å². The van der Waals surface area contributed by atoms with E-state index >= 15 is 0 Å². The summed E-state index contributed by atoms with van der Waals surface area (Å²) in [6, 6.07) is 10.7. The topological polar surface area (TPSA) is 95.1 Å². The monoisotopic (exact) mass is 625 g/mol. The molecular formula is C31H41ClN7O3P. The van der Waals surface area contributed by atoms with Crippen LogP contribution in [0.4, 0.5) is 28.8 Å². The van der Waals surface area contributed by atoms with Gasteiger partial charge in [-0.05, 0) is 57.5 Å². The summed E-state index contributed by atoms with van der Waals surface area (Å²) in [5.41, 5.74) is 3.63. The zero-order valence-electron chi connectivity index (χ0n) is 25.4. The number of anilines is 5. The van der Waals surface area contributed by atoms with E-state index in [9.17, 15) is 4.57 Å². The lowest BCUT2D eigenvalue weighted by molar-refractivity contribution is 0.0982. The quantitative estimate of drug-likeness (QED) is 0.332. The Kier molecular flexibility index (Phi) is 8.74. The number of piperidine rings is 1. The molecule has 0 saturated carbocycles. The van der Waals surface area contributed by atoms with Gasteiger partial charge in [0, 0.05) is 74.4 Å². The fraction of sp³-hybridized carbons (Fsp3) is 0.484. The molecule has 0 amide bonds. The molecule has 2 saturated heterocycles. The molecule has 3 aliphatic heterocycles. The smallest absolute Gasteiger partial charge is 0.229 e. The largest absolute Gasteiger partial charge is 0.494 e. The van der Waals surface area contributed by atoms with E-state index in [1.807, 2.05) is 18.2 Å². The summed E-state index contributed by atoms with van der Waals surface area (Å²) in [4.78, 5) is 16.6. The Labute approximate surface area is 259 Å². The molecular weight excluding hydrogens is 585 g/mol. The molecule has 2 fully saturated rings. The van der Waals surface area contributed by atoms with Gasteiger partial charge >= 0.3 is 0 Å². The third-order valence-corrected chi connectivity index (χ3v) is 10.6. The van der Waals surface area contributed by atoms with Crippen molar-refractivity contribution in [1.29, 1.82) is 0 Å². The summed E-state index contributed by atoms with van der Waals surface area (Å²) in [7, 11) is 1.45. The highest BCUT2D eigenvalue weighted by molar-refractivity contribution is 7.70. The minimum Gasteiger partial charge on any atom is -0.494 e. The van der Waals surface area contributed by atoms with Gasteiger partial charge in [-0.15, -0.1) is 0 Å². The molecule has 6 rings (SSSR count). The van der Waals surface area contributed by atoms with E-state index in [0.717, 1.165) is 66.3 Å². The first-order valence-corrected chi connectivity index (χ1v) is 17.9. The van der Waals surface area contributed by atoms with Crippen molar-refractivity contribution in [2.45, 2.75) is 25.3 Å². The van der Waals surface area contributed by atoms with Crippen molar-refractivity contribution in [3.8, 4) is 11.5 Å². The molecule has 3 aromatic rings. The van der Waals surface area contributed by atoms with Crippen LogP contribution in [0.5, 0.6) is 11.5 Å². The van der Waals surface area contributed by atoms with Crippen LogP contribution in [0, 0.1) is 0 Å². The van der Waals surface area contributed by atoms with Crippen LogP contribution in [0.2, 0.25) is 5.02 Å². The number of likely N-dealkylation sites (N-methyl/N-ethyl adjacent to an activating group) is 1. The van der Waals surface area contributed by atoms with Crippen molar-refractivity contribution < 1.29 is 14.0 Å². The van der Waals surface area contributed by atoms with Crippen LogP contribution in [-0.2, 0) is 11.0 Å². The second kappa shape index (κ2) is 12.5. The molecule has 230 valence electrons.